The second kappa shape index (κ2) is 11.9. The van der Waals surface area contributed by atoms with Gasteiger partial charge in [0.1, 0.15) is 5.75 Å². The van der Waals surface area contributed by atoms with Gasteiger partial charge < -0.3 is 14.3 Å². The quantitative estimate of drug-likeness (QED) is 0.0934. The van der Waals surface area contributed by atoms with Crippen LogP contribution in [0.2, 0.25) is 0 Å². The molecule has 1 unspecified atom stereocenters. The minimum atomic E-state index is -0.914. The Hall–Kier alpha value is -3.89. The first kappa shape index (κ1) is 26.7. The van der Waals surface area contributed by atoms with Gasteiger partial charge in [-0.1, -0.05) is 78.4 Å². The molecule has 1 N–H and O–H groups in total. The number of aliphatic hydroxyl groups excluding tert-OH is 1. The molecular formula is C29H27N3O5S2. The molecule has 0 spiro atoms. The summed E-state index contributed by atoms with van der Waals surface area (Å²) in [6.07, 6.45) is 3.33. The number of unbranched alkanes of at least 4 members (excludes halogenated alkanes) is 1. The summed E-state index contributed by atoms with van der Waals surface area (Å²) in [5.74, 6) is -0.515. The van der Waals surface area contributed by atoms with E-state index in [2.05, 4.69) is 41.4 Å². The molecule has 1 amide bonds. The van der Waals surface area contributed by atoms with Crippen molar-refractivity contribution in [2.45, 2.75) is 42.8 Å². The molecule has 0 fully saturated rings. The van der Waals surface area contributed by atoms with Crippen LogP contribution in [0.3, 0.4) is 0 Å². The Kier molecular flexibility index (Phi) is 8.13. The Bertz CT molecular complexity index is 1480. The minimum Gasteiger partial charge on any atom is -0.503 e. The van der Waals surface area contributed by atoms with Crippen molar-refractivity contribution >= 4 is 39.9 Å². The summed E-state index contributed by atoms with van der Waals surface area (Å²) in [6, 6.07) is 17.6. The number of nitrogens with zero attached hydrogens (tertiary/aromatic N) is 3. The van der Waals surface area contributed by atoms with E-state index in [1.165, 1.54) is 45.9 Å². The number of aromatic nitrogens is 2. The average Bonchev–Trinajstić information content (AvgIpc) is 3.70. The molecule has 8 nitrogen and oxygen atoms in total. The van der Waals surface area contributed by atoms with Crippen molar-refractivity contribution in [1.82, 2.24) is 10.2 Å². The van der Waals surface area contributed by atoms with E-state index in [4.69, 9.17) is 9.15 Å². The van der Waals surface area contributed by atoms with E-state index in [1.54, 1.807) is 30.3 Å². The molecule has 2 aromatic carbocycles. The number of anilines is 1. The molecule has 39 heavy (non-hydrogen) atoms. The van der Waals surface area contributed by atoms with E-state index in [1.807, 2.05) is 6.92 Å². The number of aryl methyl sites for hydroxylation is 1. The van der Waals surface area contributed by atoms with Gasteiger partial charge in [0.15, 0.2) is 15.9 Å². The summed E-state index contributed by atoms with van der Waals surface area (Å²) in [5.41, 5.74) is 2.88. The lowest BCUT2D eigenvalue weighted by Crippen LogP contribution is -2.31. The number of carbonyl (C=O) groups excluding carboxylic acids is 2. The number of aliphatic hydroxyl groups is 1. The van der Waals surface area contributed by atoms with Crippen LogP contribution in [0, 0.1) is 6.92 Å². The lowest BCUT2D eigenvalue weighted by Gasteiger charge is -2.24. The van der Waals surface area contributed by atoms with Crippen LogP contribution in [0.4, 0.5) is 5.13 Å². The van der Waals surface area contributed by atoms with E-state index < -0.39 is 23.5 Å². The lowest BCUT2D eigenvalue weighted by atomic mass is 9.95. The van der Waals surface area contributed by atoms with Crippen molar-refractivity contribution in [3.8, 4) is 5.75 Å². The minimum absolute atomic E-state index is 0.0299. The third-order valence-corrected chi connectivity index (χ3v) is 8.37. The second-order valence-corrected chi connectivity index (χ2v) is 11.2. The molecule has 4 aromatic rings. The first-order chi connectivity index (χ1) is 19.0. The third kappa shape index (κ3) is 5.76. The molecule has 1 aliphatic rings. The molecule has 0 aliphatic carbocycles. The van der Waals surface area contributed by atoms with Crippen LogP contribution in [0.25, 0.3) is 0 Å². The van der Waals surface area contributed by atoms with Crippen LogP contribution >= 0.6 is 23.1 Å². The Morgan fingerprint density at radius 2 is 1.90 bits per heavy atom. The van der Waals surface area contributed by atoms with E-state index in [-0.39, 0.29) is 16.5 Å². The highest BCUT2D eigenvalue weighted by Crippen LogP contribution is 2.44. The van der Waals surface area contributed by atoms with E-state index in [0.29, 0.717) is 28.0 Å². The van der Waals surface area contributed by atoms with Crippen molar-refractivity contribution < 1.29 is 23.8 Å². The third-order valence-electron chi connectivity index (χ3n) is 6.24. The first-order valence-electron chi connectivity index (χ1n) is 12.6. The smallest absolute Gasteiger partial charge is 0.296 e. The number of rotatable bonds is 11. The van der Waals surface area contributed by atoms with Crippen molar-refractivity contribution in [2.24, 2.45) is 0 Å². The molecule has 5 rings (SSSR count). The van der Waals surface area contributed by atoms with E-state index >= 15 is 0 Å². The number of ketones is 1. The molecule has 0 radical (unpaired) electrons. The Labute approximate surface area is 234 Å². The predicted octanol–water partition coefficient (Wildman–Crippen LogP) is 6.69. The Morgan fingerprint density at radius 3 is 2.59 bits per heavy atom. The van der Waals surface area contributed by atoms with Gasteiger partial charge in [-0.05, 0) is 48.7 Å². The van der Waals surface area contributed by atoms with Gasteiger partial charge in [0.05, 0.1) is 24.5 Å². The van der Waals surface area contributed by atoms with E-state index in [0.717, 1.165) is 18.4 Å². The number of amides is 1. The van der Waals surface area contributed by atoms with Gasteiger partial charge in [0, 0.05) is 5.75 Å². The predicted molar refractivity (Wildman–Crippen MR) is 150 cm³/mol. The number of hydrogen-bond acceptors (Lipinski definition) is 9. The fourth-order valence-electron chi connectivity index (χ4n) is 4.16. The molecule has 1 atom stereocenters. The fourth-order valence-corrected chi connectivity index (χ4v) is 5.98. The zero-order valence-corrected chi connectivity index (χ0v) is 23.1. The number of hydrogen-bond donors (Lipinski definition) is 1. The molecule has 1 aliphatic heterocycles. The summed E-state index contributed by atoms with van der Waals surface area (Å²) in [6.45, 7) is 4.73. The number of ether oxygens (including phenoxy) is 1. The van der Waals surface area contributed by atoms with Crippen LogP contribution in [-0.4, -0.2) is 33.6 Å². The van der Waals surface area contributed by atoms with Crippen LogP contribution in [0.15, 0.2) is 87.0 Å². The van der Waals surface area contributed by atoms with Crippen molar-refractivity contribution in [2.75, 3.05) is 11.5 Å². The summed E-state index contributed by atoms with van der Waals surface area (Å²) in [7, 11) is 0. The maximum Gasteiger partial charge on any atom is 0.296 e. The average molecular weight is 562 g/mol. The normalized spacial score (nSPS) is 15.3. The molecule has 2 aromatic heterocycles. The van der Waals surface area contributed by atoms with Gasteiger partial charge in [0.2, 0.25) is 10.9 Å². The lowest BCUT2D eigenvalue weighted by molar-refractivity contribution is -0.117. The van der Waals surface area contributed by atoms with Crippen LogP contribution in [-0.2, 0) is 10.5 Å². The Balaban J connectivity index is 1.45. The van der Waals surface area contributed by atoms with Gasteiger partial charge >= 0.3 is 0 Å². The highest BCUT2D eigenvalue weighted by atomic mass is 32.2. The van der Waals surface area contributed by atoms with E-state index in [9.17, 15) is 14.7 Å². The largest absolute Gasteiger partial charge is 0.503 e. The monoisotopic (exact) mass is 561 g/mol. The highest BCUT2D eigenvalue weighted by Gasteiger charge is 2.46. The van der Waals surface area contributed by atoms with Gasteiger partial charge in [-0.15, -0.1) is 10.2 Å². The molecule has 0 bridgehead atoms. The van der Waals surface area contributed by atoms with Crippen LogP contribution in [0.1, 0.15) is 53.1 Å². The molecule has 0 saturated carbocycles. The molecule has 0 saturated heterocycles. The maximum absolute atomic E-state index is 13.4. The Morgan fingerprint density at radius 1 is 1.13 bits per heavy atom. The summed E-state index contributed by atoms with van der Waals surface area (Å²) >= 11 is 2.74. The zero-order chi connectivity index (χ0) is 27.4. The summed E-state index contributed by atoms with van der Waals surface area (Å²) in [4.78, 5) is 28.1. The van der Waals surface area contributed by atoms with Crippen LogP contribution < -0.4 is 9.64 Å². The number of carbonyl (C=O) groups is 2. The molecular weight excluding hydrogens is 534 g/mol. The number of benzene rings is 2. The van der Waals surface area contributed by atoms with Crippen LogP contribution in [0.5, 0.6) is 5.75 Å². The number of Topliss-reactive ketones (excluding diaryl/α,β-unsaturated/α-hetero) is 1. The summed E-state index contributed by atoms with van der Waals surface area (Å²) < 4.78 is 11.7. The van der Waals surface area contributed by atoms with Crippen molar-refractivity contribution in [3.05, 3.63) is 101 Å². The topological polar surface area (TPSA) is 106 Å². The second-order valence-electron chi connectivity index (χ2n) is 9.04. The molecule has 3 heterocycles. The highest BCUT2D eigenvalue weighted by molar-refractivity contribution is 8.00. The number of furan rings is 1. The molecule has 200 valence electrons. The van der Waals surface area contributed by atoms with Gasteiger partial charge in [-0.2, -0.15) is 0 Å². The van der Waals surface area contributed by atoms with Crippen molar-refractivity contribution in [3.63, 3.8) is 0 Å². The number of thioether (sulfide) groups is 1. The fraction of sp³-hybridized carbons (Fsp3) is 0.241. The SMILES string of the molecule is CCCCOc1ccc(C2C(C(=O)c3ccco3)=C(O)C(=O)N2c2nnc(SCc3ccc(C)cc3)s2)cc1. The molecule has 10 heteroatoms. The van der Waals surface area contributed by atoms with Gasteiger partial charge in [-0.25, -0.2) is 0 Å². The standard InChI is InChI=1S/C29H27N3O5S2/c1-3-4-15-36-21-13-11-20(12-14-21)24-23(25(33)22-6-5-16-37-22)26(34)27(35)32(24)28-30-31-29(39-28)38-17-19-9-7-18(2)8-10-19/h5-14,16,24,34H,3-4,15,17H2,1-2H3. The zero-order valence-electron chi connectivity index (χ0n) is 21.5. The van der Waals surface area contributed by atoms with Gasteiger partial charge in [-0.3, -0.25) is 14.5 Å². The maximum atomic E-state index is 13.4. The first-order valence-corrected chi connectivity index (χ1v) is 14.4. The van der Waals surface area contributed by atoms with Crippen molar-refractivity contribution in [1.29, 1.82) is 0 Å². The van der Waals surface area contributed by atoms with Gasteiger partial charge in [0.25, 0.3) is 5.91 Å². The summed E-state index contributed by atoms with van der Waals surface area (Å²) in [5, 5.41) is 19.7.